The Morgan fingerprint density at radius 1 is 0.705 bits per heavy atom. The Balaban J connectivity index is 0.000000342. The van der Waals surface area contributed by atoms with Gasteiger partial charge in [-0.15, -0.1) is 0 Å². The van der Waals surface area contributed by atoms with Crippen molar-refractivity contribution in [3.63, 3.8) is 0 Å². The molecule has 0 unspecified atom stereocenters. The van der Waals surface area contributed by atoms with E-state index < -0.39 is 48.8 Å². The zero-order valence-electron chi connectivity index (χ0n) is 24.8. The van der Waals surface area contributed by atoms with Gasteiger partial charge in [-0.25, -0.2) is 14.4 Å². The fraction of sp³-hybridized carbons (Fsp3) is 0.690. The van der Waals surface area contributed by atoms with Crippen molar-refractivity contribution in [1.29, 1.82) is 0 Å². The number of hydrogen-bond donors (Lipinski definition) is 0. The molecule has 15 heteroatoms. The smallest absolute Gasteiger partial charge is 0.434 e. The van der Waals surface area contributed by atoms with E-state index in [0.717, 1.165) is 25.2 Å². The molecule has 0 atom stereocenters. The highest BCUT2D eigenvalue weighted by Crippen LogP contribution is 2.60. The van der Waals surface area contributed by atoms with Crippen molar-refractivity contribution in [2.75, 3.05) is 6.61 Å². The predicted octanol–water partition coefficient (Wildman–Crippen LogP) is 7.98. The van der Waals surface area contributed by atoms with Gasteiger partial charge < -0.3 is 14.2 Å². The van der Waals surface area contributed by atoms with Crippen molar-refractivity contribution in [1.82, 2.24) is 0 Å². The summed E-state index contributed by atoms with van der Waals surface area (Å²) < 4.78 is 118. The van der Waals surface area contributed by atoms with Gasteiger partial charge in [0.05, 0.1) is 0 Å². The lowest BCUT2D eigenvalue weighted by Crippen LogP contribution is -2.59. The van der Waals surface area contributed by atoms with Gasteiger partial charge in [-0.05, 0) is 83.0 Å². The minimum absolute atomic E-state index is 0.0470. The number of ether oxygens (including phenoxy) is 3. The molecule has 0 heterocycles. The van der Waals surface area contributed by atoms with Gasteiger partial charge in [0.15, 0.2) is 6.61 Å². The molecular weight excluding hydrogens is 615 g/mol. The minimum Gasteiger partial charge on any atom is -0.455 e. The average Bonchev–Trinajstić information content (AvgIpc) is 2.86. The molecule has 44 heavy (non-hydrogen) atoms. The zero-order valence-corrected chi connectivity index (χ0v) is 24.8. The molecule has 0 aromatic carbocycles. The van der Waals surface area contributed by atoms with E-state index in [9.17, 15) is 53.9 Å². The molecular formula is C29H37F9O6. The standard InChI is InChI=1S/C16H24O2.C7H6F6O2.C6H7F3O2/c1-4-16(18-15(17)10(2)3)13-6-11-5-12(8-13)9-14(16)7-11;1-3(2)4(14)15-5(6(8,9)10)7(11,12)13;1-4(2)5(10)11-3-6(7,8)9/h11-14H,2,4-9H2,1,3H3;5H,1H2,2H3;1,3H2,2H3. The molecule has 0 aliphatic heterocycles. The summed E-state index contributed by atoms with van der Waals surface area (Å²) >= 11 is 0. The van der Waals surface area contributed by atoms with E-state index in [1.54, 1.807) is 6.92 Å². The minimum atomic E-state index is -5.69. The summed E-state index contributed by atoms with van der Waals surface area (Å²) in [7, 11) is 0. The van der Waals surface area contributed by atoms with Crippen LogP contribution in [0.3, 0.4) is 0 Å². The van der Waals surface area contributed by atoms with Gasteiger partial charge in [-0.3, -0.25) is 0 Å². The number of hydrogen-bond acceptors (Lipinski definition) is 6. The monoisotopic (exact) mass is 652 g/mol. The number of halogens is 9. The summed E-state index contributed by atoms with van der Waals surface area (Å²) in [6.07, 6.45) is -12.4. The van der Waals surface area contributed by atoms with Gasteiger partial charge >= 0.3 is 36.4 Å². The maximum Gasteiger partial charge on any atom is 0.434 e. The van der Waals surface area contributed by atoms with Crippen LogP contribution in [0.4, 0.5) is 39.5 Å². The van der Waals surface area contributed by atoms with E-state index in [1.165, 1.54) is 39.0 Å². The molecule has 6 nitrogen and oxygen atoms in total. The van der Waals surface area contributed by atoms with Crippen LogP contribution < -0.4 is 0 Å². The van der Waals surface area contributed by atoms with E-state index in [-0.39, 0.29) is 17.1 Å². The van der Waals surface area contributed by atoms with Crippen molar-refractivity contribution in [2.24, 2.45) is 23.7 Å². The molecule has 4 bridgehead atoms. The van der Waals surface area contributed by atoms with Gasteiger partial charge in [0.1, 0.15) is 5.60 Å². The van der Waals surface area contributed by atoms with Gasteiger partial charge in [0.25, 0.3) is 6.10 Å². The lowest BCUT2D eigenvalue weighted by molar-refractivity contribution is -0.312. The molecule has 0 aromatic heterocycles. The Labute approximate surface area is 249 Å². The molecule has 4 rings (SSSR count). The molecule has 252 valence electrons. The molecule has 0 radical (unpaired) electrons. The van der Waals surface area contributed by atoms with Crippen molar-refractivity contribution < 1.29 is 68.1 Å². The molecule has 4 aliphatic rings. The molecule has 0 N–H and O–H groups in total. The summed E-state index contributed by atoms with van der Waals surface area (Å²) in [4.78, 5) is 32.9. The van der Waals surface area contributed by atoms with Crippen molar-refractivity contribution in [3.8, 4) is 0 Å². The molecule has 0 amide bonds. The van der Waals surface area contributed by atoms with Crippen LogP contribution in [0.15, 0.2) is 36.5 Å². The predicted molar refractivity (Wildman–Crippen MR) is 140 cm³/mol. The first-order chi connectivity index (χ1) is 19.8. The van der Waals surface area contributed by atoms with Crippen LogP contribution in [0.25, 0.3) is 0 Å². The topological polar surface area (TPSA) is 78.9 Å². The van der Waals surface area contributed by atoms with Crippen molar-refractivity contribution >= 4 is 17.9 Å². The number of rotatable bonds is 7. The number of alkyl halides is 9. The summed E-state index contributed by atoms with van der Waals surface area (Å²) in [5, 5.41) is 0. The van der Waals surface area contributed by atoms with E-state index in [1.807, 2.05) is 0 Å². The van der Waals surface area contributed by atoms with Gasteiger partial charge in [-0.1, -0.05) is 26.7 Å². The lowest BCUT2D eigenvalue weighted by Gasteiger charge is -2.60. The second kappa shape index (κ2) is 14.9. The lowest BCUT2D eigenvalue weighted by atomic mass is 9.49. The summed E-state index contributed by atoms with van der Waals surface area (Å²) in [6.45, 7) is 14.3. The largest absolute Gasteiger partial charge is 0.455 e. The van der Waals surface area contributed by atoms with Crippen LogP contribution in [0.5, 0.6) is 0 Å². The maximum absolute atomic E-state index is 12.0. The van der Waals surface area contributed by atoms with Crippen LogP contribution in [-0.2, 0) is 28.6 Å². The molecule has 0 saturated heterocycles. The molecule has 4 saturated carbocycles. The van der Waals surface area contributed by atoms with Crippen molar-refractivity contribution in [3.05, 3.63) is 36.5 Å². The number of carbonyl (C=O) groups is 3. The fourth-order valence-corrected chi connectivity index (χ4v) is 5.86. The van der Waals surface area contributed by atoms with Crippen molar-refractivity contribution in [2.45, 2.75) is 96.5 Å². The molecule has 4 fully saturated rings. The van der Waals surface area contributed by atoms with Crippen LogP contribution >= 0.6 is 0 Å². The van der Waals surface area contributed by atoms with Gasteiger partial charge in [-0.2, -0.15) is 39.5 Å². The third-order valence-electron chi connectivity index (χ3n) is 7.59. The highest BCUT2D eigenvalue weighted by molar-refractivity contribution is 5.88. The Hall–Kier alpha value is -3.00. The first kappa shape index (κ1) is 39.0. The van der Waals surface area contributed by atoms with Crippen LogP contribution in [-0.4, -0.2) is 54.7 Å². The Morgan fingerprint density at radius 3 is 1.39 bits per heavy atom. The fourth-order valence-electron chi connectivity index (χ4n) is 5.86. The number of esters is 3. The molecule has 4 aliphatic carbocycles. The van der Waals surface area contributed by atoms with Crippen LogP contribution in [0.1, 0.15) is 66.2 Å². The number of carbonyl (C=O) groups excluding carboxylic acids is 3. The Kier molecular flexibility index (Phi) is 13.2. The van der Waals surface area contributed by atoms with E-state index >= 15 is 0 Å². The van der Waals surface area contributed by atoms with Gasteiger partial charge in [0.2, 0.25) is 0 Å². The molecule has 0 spiro atoms. The van der Waals surface area contributed by atoms with Gasteiger partial charge in [0, 0.05) is 16.7 Å². The zero-order chi connectivity index (χ0) is 34.4. The average molecular weight is 653 g/mol. The molecule has 0 aromatic rings. The highest BCUT2D eigenvalue weighted by Gasteiger charge is 2.60. The first-order valence-corrected chi connectivity index (χ1v) is 13.6. The van der Waals surface area contributed by atoms with E-state index in [4.69, 9.17) is 4.74 Å². The summed E-state index contributed by atoms with van der Waals surface area (Å²) in [5.41, 5.74) is -0.219. The Morgan fingerprint density at radius 2 is 1.09 bits per heavy atom. The first-order valence-electron chi connectivity index (χ1n) is 13.6. The van der Waals surface area contributed by atoms with E-state index in [0.29, 0.717) is 17.4 Å². The third-order valence-corrected chi connectivity index (χ3v) is 7.59. The second-order valence-electron chi connectivity index (χ2n) is 11.4. The summed E-state index contributed by atoms with van der Waals surface area (Å²) in [5.74, 6) is 0.108. The van der Waals surface area contributed by atoms with Crippen LogP contribution in [0.2, 0.25) is 0 Å². The highest BCUT2D eigenvalue weighted by atomic mass is 19.4. The Bertz CT molecular complexity index is 1050. The van der Waals surface area contributed by atoms with Crippen LogP contribution in [0, 0.1) is 23.7 Å². The normalized spacial score (nSPS) is 25.5. The second-order valence-corrected chi connectivity index (χ2v) is 11.4. The van der Waals surface area contributed by atoms with E-state index in [2.05, 4.69) is 36.1 Å². The SMILES string of the molecule is C=C(C)C(=O)OC(C(F)(F)F)C(F)(F)F.C=C(C)C(=O)OC1(CC)C2CC3CC(C2)CC1C3.C=C(C)C(=O)OCC(F)(F)F. The quantitative estimate of drug-likeness (QED) is 0.120. The maximum atomic E-state index is 12.0. The summed E-state index contributed by atoms with van der Waals surface area (Å²) in [6, 6.07) is 0. The third kappa shape index (κ3) is 11.2.